The van der Waals surface area contributed by atoms with Crippen molar-refractivity contribution in [2.24, 2.45) is 5.92 Å². The van der Waals surface area contributed by atoms with Crippen LogP contribution in [0.5, 0.6) is 11.5 Å². The summed E-state index contributed by atoms with van der Waals surface area (Å²) in [4.78, 5) is 23.9. The van der Waals surface area contributed by atoms with Crippen molar-refractivity contribution in [1.29, 1.82) is 0 Å². The smallest absolute Gasteiger partial charge is 0.320 e. The Labute approximate surface area is 129 Å². The molecule has 0 aromatic heterocycles. The summed E-state index contributed by atoms with van der Waals surface area (Å²) < 4.78 is 21.3. The highest BCUT2D eigenvalue weighted by Crippen LogP contribution is 2.32. The number of hydrogen-bond acceptors (Lipinski definition) is 6. The lowest BCUT2D eigenvalue weighted by Crippen LogP contribution is -2.37. The van der Waals surface area contributed by atoms with Gasteiger partial charge in [-0.2, -0.15) is 0 Å². The van der Waals surface area contributed by atoms with Gasteiger partial charge in [-0.05, 0) is 26.0 Å². The lowest BCUT2D eigenvalue weighted by atomic mass is 10.0. The van der Waals surface area contributed by atoms with Gasteiger partial charge in [-0.3, -0.25) is 9.59 Å². The van der Waals surface area contributed by atoms with Gasteiger partial charge in [0.2, 0.25) is 0 Å². The molecule has 2 rings (SSSR count). The van der Waals surface area contributed by atoms with Gasteiger partial charge < -0.3 is 18.9 Å². The van der Waals surface area contributed by atoms with Crippen LogP contribution in [0.15, 0.2) is 24.3 Å². The van der Waals surface area contributed by atoms with Gasteiger partial charge in [-0.25, -0.2) is 0 Å². The minimum absolute atomic E-state index is 0.159. The number of hydrogen-bond donors (Lipinski definition) is 0. The van der Waals surface area contributed by atoms with E-state index < -0.39 is 24.0 Å². The first-order chi connectivity index (χ1) is 10.7. The van der Waals surface area contributed by atoms with Crippen LogP contribution in [0.2, 0.25) is 0 Å². The number of carbonyl (C=O) groups excluding carboxylic acids is 2. The second-order valence-corrected chi connectivity index (χ2v) is 4.79. The second kappa shape index (κ2) is 7.68. The maximum atomic E-state index is 12.0. The fourth-order valence-electron chi connectivity index (χ4n) is 2.22. The Balaban J connectivity index is 2.04. The Morgan fingerprint density at radius 3 is 2.32 bits per heavy atom. The summed E-state index contributed by atoms with van der Waals surface area (Å²) in [6.45, 7) is 4.07. The van der Waals surface area contributed by atoms with Crippen molar-refractivity contribution in [1.82, 2.24) is 0 Å². The summed E-state index contributed by atoms with van der Waals surface area (Å²) in [5.41, 5.74) is 0. The minimum atomic E-state index is -1.00. The van der Waals surface area contributed by atoms with Crippen LogP contribution < -0.4 is 9.47 Å². The fourth-order valence-corrected chi connectivity index (χ4v) is 2.22. The number of benzene rings is 1. The van der Waals surface area contributed by atoms with Gasteiger partial charge in [0.25, 0.3) is 0 Å². The molecule has 1 heterocycles. The molecule has 0 saturated carbocycles. The lowest BCUT2D eigenvalue weighted by Gasteiger charge is -2.28. The molecule has 0 aliphatic carbocycles. The first kappa shape index (κ1) is 16.1. The molecule has 1 aliphatic rings. The summed E-state index contributed by atoms with van der Waals surface area (Å²) >= 11 is 0. The quantitative estimate of drug-likeness (QED) is 0.591. The molecule has 1 atom stereocenters. The molecule has 0 saturated heterocycles. The highest BCUT2D eigenvalue weighted by Gasteiger charge is 2.34. The van der Waals surface area contributed by atoms with Crippen molar-refractivity contribution in [2.45, 2.75) is 26.4 Å². The van der Waals surface area contributed by atoms with Crippen molar-refractivity contribution in [3.05, 3.63) is 24.3 Å². The first-order valence-electron chi connectivity index (χ1n) is 7.37. The number of para-hydroxylation sites is 2. The maximum absolute atomic E-state index is 12.0. The molecule has 6 heteroatoms. The third-order valence-electron chi connectivity index (χ3n) is 3.21. The number of rotatable bonds is 6. The summed E-state index contributed by atoms with van der Waals surface area (Å²) in [6, 6.07) is 7.27. The molecule has 0 spiro atoms. The number of esters is 2. The molecule has 1 aliphatic heterocycles. The molecule has 1 aromatic carbocycles. The Kier molecular flexibility index (Phi) is 5.63. The van der Waals surface area contributed by atoms with Gasteiger partial charge in [0, 0.05) is 6.42 Å². The van der Waals surface area contributed by atoms with Crippen LogP contribution in [0, 0.1) is 5.92 Å². The van der Waals surface area contributed by atoms with Gasteiger partial charge in [0.15, 0.2) is 17.4 Å². The maximum Gasteiger partial charge on any atom is 0.320 e. The van der Waals surface area contributed by atoms with E-state index in [-0.39, 0.29) is 26.2 Å². The Hall–Kier alpha value is -2.24. The van der Waals surface area contributed by atoms with Crippen LogP contribution >= 0.6 is 0 Å². The van der Waals surface area contributed by atoms with Gasteiger partial charge in [-0.15, -0.1) is 0 Å². The Bertz CT molecular complexity index is 509. The molecule has 120 valence electrons. The van der Waals surface area contributed by atoms with Crippen molar-refractivity contribution in [3.63, 3.8) is 0 Å². The van der Waals surface area contributed by atoms with E-state index in [1.54, 1.807) is 26.0 Å². The third-order valence-corrected chi connectivity index (χ3v) is 3.21. The van der Waals surface area contributed by atoms with Crippen LogP contribution in [-0.2, 0) is 19.1 Å². The topological polar surface area (TPSA) is 71.1 Å². The molecule has 6 nitrogen and oxygen atoms in total. The van der Waals surface area contributed by atoms with Gasteiger partial charge in [0.1, 0.15) is 12.7 Å². The van der Waals surface area contributed by atoms with E-state index in [9.17, 15) is 9.59 Å². The van der Waals surface area contributed by atoms with E-state index in [1.807, 2.05) is 12.1 Å². The average molecular weight is 308 g/mol. The summed E-state index contributed by atoms with van der Waals surface area (Å²) in [5, 5.41) is 0. The average Bonchev–Trinajstić information content (AvgIpc) is 2.52. The first-order valence-corrected chi connectivity index (χ1v) is 7.37. The SMILES string of the molecule is CCOC(=O)C(C[C@H]1COc2ccccc2O1)C(=O)OCC. The molecule has 0 N–H and O–H groups in total. The minimum Gasteiger partial charge on any atom is -0.486 e. The highest BCUT2D eigenvalue weighted by molar-refractivity contribution is 5.94. The van der Waals surface area contributed by atoms with E-state index in [2.05, 4.69) is 0 Å². The van der Waals surface area contributed by atoms with Crippen LogP contribution in [0.25, 0.3) is 0 Å². The Morgan fingerprint density at radius 1 is 1.14 bits per heavy atom. The predicted molar refractivity (Wildman–Crippen MR) is 77.7 cm³/mol. The third kappa shape index (κ3) is 3.90. The fraction of sp³-hybridized carbons (Fsp3) is 0.500. The monoisotopic (exact) mass is 308 g/mol. The molecule has 0 unspecified atom stereocenters. The lowest BCUT2D eigenvalue weighted by molar-refractivity contribution is -0.163. The van der Waals surface area contributed by atoms with Crippen LogP contribution in [0.1, 0.15) is 20.3 Å². The summed E-state index contributed by atoms with van der Waals surface area (Å²) in [5.74, 6) is -0.932. The van der Waals surface area contributed by atoms with Crippen molar-refractivity contribution < 1.29 is 28.5 Å². The molecule has 0 bridgehead atoms. The van der Waals surface area contributed by atoms with Crippen molar-refractivity contribution in [3.8, 4) is 11.5 Å². The van der Waals surface area contributed by atoms with E-state index in [1.165, 1.54) is 0 Å². The largest absolute Gasteiger partial charge is 0.486 e. The normalized spacial score (nSPS) is 16.2. The van der Waals surface area contributed by atoms with E-state index >= 15 is 0 Å². The van der Waals surface area contributed by atoms with Gasteiger partial charge >= 0.3 is 11.9 Å². The molecule has 0 fully saturated rings. The zero-order valence-corrected chi connectivity index (χ0v) is 12.7. The predicted octanol–water partition coefficient (Wildman–Crippen LogP) is 1.96. The van der Waals surface area contributed by atoms with Gasteiger partial charge in [0.05, 0.1) is 13.2 Å². The molecular formula is C16H20O6. The molecule has 22 heavy (non-hydrogen) atoms. The van der Waals surface area contributed by atoms with E-state index in [0.29, 0.717) is 11.5 Å². The molecule has 1 aromatic rings. The number of fused-ring (bicyclic) bond motifs is 1. The molecular weight excluding hydrogens is 288 g/mol. The van der Waals surface area contributed by atoms with E-state index in [0.717, 1.165) is 0 Å². The zero-order chi connectivity index (χ0) is 15.9. The Morgan fingerprint density at radius 2 is 1.73 bits per heavy atom. The summed E-state index contributed by atoms with van der Waals surface area (Å²) in [7, 11) is 0. The van der Waals surface area contributed by atoms with Crippen LogP contribution in [0.4, 0.5) is 0 Å². The highest BCUT2D eigenvalue weighted by atomic mass is 16.6. The summed E-state index contributed by atoms with van der Waals surface area (Å²) in [6.07, 6.45) is -0.250. The van der Waals surface area contributed by atoms with Crippen molar-refractivity contribution >= 4 is 11.9 Å². The number of ether oxygens (including phenoxy) is 4. The van der Waals surface area contributed by atoms with Gasteiger partial charge in [-0.1, -0.05) is 12.1 Å². The zero-order valence-electron chi connectivity index (χ0n) is 12.7. The number of carbonyl (C=O) groups is 2. The van der Waals surface area contributed by atoms with Crippen LogP contribution in [0.3, 0.4) is 0 Å². The second-order valence-electron chi connectivity index (χ2n) is 4.79. The van der Waals surface area contributed by atoms with E-state index in [4.69, 9.17) is 18.9 Å². The molecule has 0 amide bonds. The molecule has 0 radical (unpaired) electrons. The van der Waals surface area contributed by atoms with Crippen LogP contribution in [-0.4, -0.2) is 37.9 Å². The standard InChI is InChI=1S/C16H20O6/c1-3-19-15(17)12(16(18)20-4-2)9-11-10-21-13-7-5-6-8-14(13)22-11/h5-8,11-12H,3-4,9-10H2,1-2H3/t11-/m0/s1. The van der Waals surface area contributed by atoms with Crippen molar-refractivity contribution in [2.75, 3.05) is 19.8 Å².